The molecule has 3 N–H and O–H groups in total. The highest BCUT2D eigenvalue weighted by molar-refractivity contribution is 5.70. The van der Waals surface area contributed by atoms with E-state index in [1.54, 1.807) is 0 Å². The molecule has 0 bridgehead atoms. The molecule has 2 rings (SSSR count). The molecule has 0 spiro atoms. The predicted octanol–water partition coefficient (Wildman–Crippen LogP) is 3.07. The van der Waals surface area contributed by atoms with Crippen LogP contribution >= 0.6 is 0 Å². The number of H-pyrrole nitrogens is 1. The van der Waals surface area contributed by atoms with E-state index in [-0.39, 0.29) is 0 Å². The molecule has 92 valence electrons. The Kier molecular flexibility index (Phi) is 2.96. The molecular formula is C13H19N3O. The Labute approximate surface area is 101 Å². The molecule has 4 nitrogen and oxygen atoms in total. The smallest absolute Gasteiger partial charge is 0.149 e. The Bertz CT molecular complexity index is 523. The molecule has 0 aromatic carbocycles. The third-order valence-corrected chi connectivity index (χ3v) is 2.82. The Morgan fingerprint density at radius 1 is 1.41 bits per heavy atom. The second kappa shape index (κ2) is 4.28. The SMILES string of the molecule is Cc1cc(-c2[nH]nc(N)c2CC(C)C)c(C)o1. The fourth-order valence-corrected chi connectivity index (χ4v) is 2.10. The van der Waals surface area contributed by atoms with Crippen LogP contribution in [0.4, 0.5) is 5.82 Å². The second-order valence-electron chi connectivity index (χ2n) is 4.89. The fraction of sp³-hybridized carbons (Fsp3) is 0.462. The molecule has 17 heavy (non-hydrogen) atoms. The van der Waals surface area contributed by atoms with Crippen molar-refractivity contribution in [2.75, 3.05) is 5.73 Å². The van der Waals surface area contributed by atoms with Crippen LogP contribution in [0.25, 0.3) is 11.3 Å². The van der Waals surface area contributed by atoms with E-state index in [1.807, 2.05) is 19.9 Å². The first-order chi connectivity index (χ1) is 7.99. The van der Waals surface area contributed by atoms with Crippen molar-refractivity contribution in [3.63, 3.8) is 0 Å². The number of nitrogen functional groups attached to an aromatic ring is 1. The van der Waals surface area contributed by atoms with Crippen LogP contribution in [0.5, 0.6) is 0 Å². The summed E-state index contributed by atoms with van der Waals surface area (Å²) in [5.74, 6) is 2.94. The van der Waals surface area contributed by atoms with Crippen LogP contribution in [0.2, 0.25) is 0 Å². The normalized spacial score (nSPS) is 11.4. The Hall–Kier alpha value is -1.71. The molecule has 0 aliphatic rings. The van der Waals surface area contributed by atoms with Gasteiger partial charge in [-0.1, -0.05) is 13.8 Å². The van der Waals surface area contributed by atoms with Gasteiger partial charge in [-0.05, 0) is 32.3 Å². The Morgan fingerprint density at radius 3 is 2.65 bits per heavy atom. The second-order valence-corrected chi connectivity index (χ2v) is 4.89. The van der Waals surface area contributed by atoms with Gasteiger partial charge in [0.05, 0.1) is 5.69 Å². The molecule has 0 fully saturated rings. The van der Waals surface area contributed by atoms with Gasteiger partial charge in [0.25, 0.3) is 0 Å². The maximum absolute atomic E-state index is 5.91. The summed E-state index contributed by atoms with van der Waals surface area (Å²) in [6.45, 7) is 8.24. The largest absolute Gasteiger partial charge is 0.466 e. The monoisotopic (exact) mass is 233 g/mol. The summed E-state index contributed by atoms with van der Waals surface area (Å²) >= 11 is 0. The number of aryl methyl sites for hydroxylation is 2. The molecule has 2 aromatic rings. The average Bonchev–Trinajstić information content (AvgIpc) is 2.71. The van der Waals surface area contributed by atoms with Gasteiger partial charge in [-0.3, -0.25) is 5.10 Å². The lowest BCUT2D eigenvalue weighted by atomic mass is 9.99. The summed E-state index contributed by atoms with van der Waals surface area (Å²) in [5, 5.41) is 7.12. The third-order valence-electron chi connectivity index (χ3n) is 2.82. The first-order valence-corrected chi connectivity index (χ1v) is 5.89. The highest BCUT2D eigenvalue weighted by atomic mass is 16.3. The zero-order valence-corrected chi connectivity index (χ0v) is 10.8. The van der Waals surface area contributed by atoms with Crippen LogP contribution in [0.15, 0.2) is 10.5 Å². The Balaban J connectivity index is 2.48. The van der Waals surface area contributed by atoms with Gasteiger partial charge >= 0.3 is 0 Å². The van der Waals surface area contributed by atoms with Crippen molar-refractivity contribution in [1.82, 2.24) is 10.2 Å². The van der Waals surface area contributed by atoms with Crippen LogP contribution in [0.1, 0.15) is 30.9 Å². The van der Waals surface area contributed by atoms with Gasteiger partial charge in [0.15, 0.2) is 0 Å². The number of anilines is 1. The summed E-state index contributed by atoms with van der Waals surface area (Å²) in [7, 11) is 0. The maximum atomic E-state index is 5.91. The first kappa shape index (κ1) is 11.8. The van der Waals surface area contributed by atoms with E-state index in [1.165, 1.54) is 0 Å². The van der Waals surface area contributed by atoms with Crippen LogP contribution in [0, 0.1) is 19.8 Å². The lowest BCUT2D eigenvalue weighted by Crippen LogP contribution is -1.99. The molecule has 0 aliphatic heterocycles. The molecule has 2 heterocycles. The molecule has 0 saturated heterocycles. The van der Waals surface area contributed by atoms with Crippen molar-refractivity contribution in [1.29, 1.82) is 0 Å². The minimum Gasteiger partial charge on any atom is -0.466 e. The van der Waals surface area contributed by atoms with Crippen LogP contribution in [-0.2, 0) is 6.42 Å². The highest BCUT2D eigenvalue weighted by Gasteiger charge is 2.17. The molecule has 0 saturated carbocycles. The first-order valence-electron chi connectivity index (χ1n) is 5.89. The number of aromatic nitrogens is 2. The summed E-state index contributed by atoms with van der Waals surface area (Å²) in [6, 6.07) is 2.02. The molecule has 0 aliphatic carbocycles. The quantitative estimate of drug-likeness (QED) is 0.856. The van der Waals surface area contributed by atoms with Gasteiger partial charge in [0.2, 0.25) is 0 Å². The fourth-order valence-electron chi connectivity index (χ4n) is 2.10. The number of nitrogens with one attached hydrogen (secondary N) is 1. The molecule has 2 aromatic heterocycles. The molecule has 0 atom stereocenters. The predicted molar refractivity (Wildman–Crippen MR) is 68.7 cm³/mol. The van der Waals surface area contributed by atoms with Gasteiger partial charge in [-0.25, -0.2) is 0 Å². The molecule has 0 unspecified atom stereocenters. The van der Waals surface area contributed by atoms with Gasteiger partial charge < -0.3 is 10.2 Å². The van der Waals surface area contributed by atoms with Crippen molar-refractivity contribution >= 4 is 5.82 Å². The summed E-state index contributed by atoms with van der Waals surface area (Å²) in [6.07, 6.45) is 0.918. The summed E-state index contributed by atoms with van der Waals surface area (Å²) in [4.78, 5) is 0. The van der Waals surface area contributed by atoms with Crippen molar-refractivity contribution in [2.24, 2.45) is 5.92 Å². The number of nitrogens with two attached hydrogens (primary N) is 1. The zero-order chi connectivity index (χ0) is 12.6. The van der Waals surface area contributed by atoms with E-state index >= 15 is 0 Å². The number of rotatable bonds is 3. The van der Waals surface area contributed by atoms with E-state index in [2.05, 4.69) is 24.0 Å². The molecule has 0 amide bonds. The summed E-state index contributed by atoms with van der Waals surface area (Å²) in [5.41, 5.74) is 9.05. The number of furan rings is 1. The van der Waals surface area contributed by atoms with E-state index in [4.69, 9.17) is 10.2 Å². The molecule has 4 heteroatoms. The van der Waals surface area contributed by atoms with Crippen molar-refractivity contribution in [2.45, 2.75) is 34.1 Å². The summed E-state index contributed by atoms with van der Waals surface area (Å²) < 4.78 is 5.55. The van der Waals surface area contributed by atoms with Crippen LogP contribution in [-0.4, -0.2) is 10.2 Å². The standard InChI is InChI=1S/C13H19N3O/c1-7(2)5-11-12(15-16-13(11)14)10-6-8(3)17-9(10)4/h6-7H,5H2,1-4H3,(H3,14,15,16). The molecular weight excluding hydrogens is 214 g/mol. The van der Waals surface area contributed by atoms with Gasteiger partial charge in [0.1, 0.15) is 17.3 Å². The minimum atomic E-state index is 0.543. The van der Waals surface area contributed by atoms with Gasteiger partial charge in [-0.2, -0.15) is 5.10 Å². The topological polar surface area (TPSA) is 67.8 Å². The van der Waals surface area contributed by atoms with Crippen molar-refractivity contribution < 1.29 is 4.42 Å². The minimum absolute atomic E-state index is 0.543. The molecule has 0 radical (unpaired) electrons. The van der Waals surface area contributed by atoms with Crippen molar-refractivity contribution in [3.05, 3.63) is 23.2 Å². The lowest BCUT2D eigenvalue weighted by molar-refractivity contribution is 0.505. The van der Waals surface area contributed by atoms with E-state index < -0.39 is 0 Å². The number of nitrogens with zero attached hydrogens (tertiary/aromatic N) is 1. The third kappa shape index (κ3) is 2.20. The van der Waals surface area contributed by atoms with Crippen molar-refractivity contribution in [3.8, 4) is 11.3 Å². The maximum Gasteiger partial charge on any atom is 0.149 e. The van der Waals surface area contributed by atoms with E-state index in [9.17, 15) is 0 Å². The Morgan fingerprint density at radius 2 is 2.12 bits per heavy atom. The van der Waals surface area contributed by atoms with Gasteiger partial charge in [0, 0.05) is 11.1 Å². The van der Waals surface area contributed by atoms with Crippen LogP contribution in [0.3, 0.4) is 0 Å². The lowest BCUT2D eigenvalue weighted by Gasteiger charge is -2.06. The number of aromatic amines is 1. The highest BCUT2D eigenvalue weighted by Crippen LogP contribution is 2.31. The number of hydrogen-bond donors (Lipinski definition) is 2. The zero-order valence-electron chi connectivity index (χ0n) is 10.8. The van der Waals surface area contributed by atoms with Crippen LogP contribution < -0.4 is 5.73 Å². The van der Waals surface area contributed by atoms with Gasteiger partial charge in [-0.15, -0.1) is 0 Å². The van der Waals surface area contributed by atoms with E-state index in [0.29, 0.717) is 11.7 Å². The number of hydrogen-bond acceptors (Lipinski definition) is 3. The van der Waals surface area contributed by atoms with E-state index in [0.717, 1.165) is 34.8 Å². The average molecular weight is 233 g/mol.